The van der Waals surface area contributed by atoms with Gasteiger partial charge in [0.2, 0.25) is 0 Å². The van der Waals surface area contributed by atoms with Gasteiger partial charge in [0.15, 0.2) is 11.5 Å². The van der Waals surface area contributed by atoms with Crippen LogP contribution in [-0.2, 0) is 20.9 Å². The average molecular weight is 462 g/mol. The second kappa shape index (κ2) is 9.37. The highest BCUT2D eigenvalue weighted by molar-refractivity contribution is 5.96. The van der Waals surface area contributed by atoms with Gasteiger partial charge in [0.25, 0.3) is 0 Å². The molecule has 2 aliphatic rings. The molecule has 34 heavy (non-hydrogen) atoms. The Bertz CT molecular complexity index is 1160. The number of ketones is 1. The molecule has 0 saturated carbocycles. The van der Waals surface area contributed by atoms with Crippen molar-refractivity contribution in [2.75, 3.05) is 14.2 Å². The second-order valence-corrected chi connectivity index (χ2v) is 9.49. The van der Waals surface area contributed by atoms with Gasteiger partial charge in [-0.15, -0.1) is 0 Å². The van der Waals surface area contributed by atoms with Crippen LogP contribution in [0.25, 0.3) is 0 Å². The third-order valence-electron chi connectivity index (χ3n) is 6.44. The predicted molar refractivity (Wildman–Crippen MR) is 129 cm³/mol. The Labute approximate surface area is 200 Å². The molecule has 0 bridgehead atoms. The normalized spacial score (nSPS) is 21.2. The van der Waals surface area contributed by atoms with Crippen molar-refractivity contribution in [2.45, 2.75) is 39.7 Å². The van der Waals surface area contributed by atoms with Gasteiger partial charge in [-0.3, -0.25) is 4.79 Å². The minimum absolute atomic E-state index is 0.0748. The number of Topliss-reactive ketones (excluding diaryl/α,β-unsaturated/α-hetero) is 1. The van der Waals surface area contributed by atoms with E-state index in [-0.39, 0.29) is 17.8 Å². The van der Waals surface area contributed by atoms with Crippen molar-refractivity contribution in [1.29, 1.82) is 0 Å². The Balaban J connectivity index is 1.83. The summed E-state index contributed by atoms with van der Waals surface area (Å²) in [5, 5.41) is 3.35. The summed E-state index contributed by atoms with van der Waals surface area (Å²) < 4.78 is 17.0. The molecule has 6 heteroatoms. The molecule has 2 aromatic carbocycles. The van der Waals surface area contributed by atoms with Crippen LogP contribution in [0.2, 0.25) is 0 Å². The van der Waals surface area contributed by atoms with Crippen LogP contribution >= 0.6 is 0 Å². The zero-order valence-corrected chi connectivity index (χ0v) is 20.3. The minimum Gasteiger partial charge on any atom is -0.493 e. The summed E-state index contributed by atoms with van der Waals surface area (Å²) >= 11 is 0. The third-order valence-corrected chi connectivity index (χ3v) is 6.44. The number of benzene rings is 2. The van der Waals surface area contributed by atoms with E-state index in [1.54, 1.807) is 20.3 Å². The van der Waals surface area contributed by atoms with Crippen LogP contribution in [0.3, 0.4) is 0 Å². The molecule has 0 amide bonds. The van der Waals surface area contributed by atoms with Gasteiger partial charge in [-0.05, 0) is 24.0 Å². The Morgan fingerprint density at radius 3 is 2.44 bits per heavy atom. The predicted octanol–water partition coefficient (Wildman–Crippen LogP) is 4.91. The average Bonchev–Trinajstić information content (AvgIpc) is 2.80. The summed E-state index contributed by atoms with van der Waals surface area (Å²) in [6.07, 6.45) is 2.49. The summed E-state index contributed by atoms with van der Waals surface area (Å²) in [7, 11) is 3.13. The number of allylic oxidation sites excluding steroid dienone is 3. The maximum atomic E-state index is 13.5. The second-order valence-electron chi connectivity index (χ2n) is 9.49. The topological polar surface area (TPSA) is 73.9 Å². The molecule has 0 radical (unpaired) electrons. The standard InChI is InChI=1S/C28H31NO5/c1-17-23(27(31)34-16-18-10-7-6-8-11-18)24(19-12-9-13-22(32-4)26(19)33-5)25-20(29-17)14-28(2,3)15-21(25)30/h6-14,24-25,29H,15-16H2,1-5H3. The molecule has 1 N–H and O–H groups in total. The van der Waals surface area contributed by atoms with E-state index in [1.807, 2.05) is 63.2 Å². The first-order valence-corrected chi connectivity index (χ1v) is 11.4. The number of fused-ring (bicyclic) bond motifs is 1. The van der Waals surface area contributed by atoms with E-state index in [0.29, 0.717) is 29.2 Å². The van der Waals surface area contributed by atoms with E-state index in [2.05, 4.69) is 11.4 Å². The molecule has 1 aliphatic heterocycles. The van der Waals surface area contributed by atoms with E-state index < -0.39 is 17.8 Å². The fraction of sp³-hybridized carbons (Fsp3) is 0.357. The number of ether oxygens (including phenoxy) is 3. The highest BCUT2D eigenvalue weighted by Crippen LogP contribution is 2.50. The molecule has 0 aromatic heterocycles. The number of esters is 1. The largest absolute Gasteiger partial charge is 0.493 e. The van der Waals surface area contributed by atoms with Crippen LogP contribution in [-0.4, -0.2) is 26.0 Å². The van der Waals surface area contributed by atoms with Crippen molar-refractivity contribution in [1.82, 2.24) is 5.32 Å². The van der Waals surface area contributed by atoms with Crippen molar-refractivity contribution in [3.8, 4) is 11.5 Å². The lowest BCUT2D eigenvalue weighted by atomic mass is 9.66. The number of hydrogen-bond donors (Lipinski definition) is 1. The monoisotopic (exact) mass is 461 g/mol. The molecule has 1 aliphatic carbocycles. The Morgan fingerprint density at radius 2 is 1.76 bits per heavy atom. The molecule has 1 heterocycles. The van der Waals surface area contributed by atoms with Gasteiger partial charge in [0.05, 0.1) is 25.7 Å². The zero-order valence-electron chi connectivity index (χ0n) is 20.3. The van der Waals surface area contributed by atoms with Crippen LogP contribution in [0.4, 0.5) is 0 Å². The van der Waals surface area contributed by atoms with Crippen molar-refractivity contribution in [2.24, 2.45) is 11.3 Å². The van der Waals surface area contributed by atoms with E-state index >= 15 is 0 Å². The Kier molecular flexibility index (Phi) is 6.51. The molecule has 0 saturated heterocycles. The molecule has 178 valence electrons. The number of carbonyl (C=O) groups excluding carboxylic acids is 2. The number of nitrogens with one attached hydrogen (secondary N) is 1. The number of para-hydroxylation sites is 1. The highest BCUT2D eigenvalue weighted by Gasteiger charge is 2.47. The fourth-order valence-corrected chi connectivity index (χ4v) is 5.03. The van der Waals surface area contributed by atoms with Crippen LogP contribution in [0.1, 0.15) is 44.2 Å². The number of rotatable bonds is 6. The molecule has 2 atom stereocenters. The number of carbonyl (C=O) groups is 2. The molecule has 4 rings (SSSR count). The van der Waals surface area contributed by atoms with E-state index in [9.17, 15) is 9.59 Å². The van der Waals surface area contributed by atoms with Gasteiger partial charge in [0.1, 0.15) is 12.4 Å². The summed E-state index contributed by atoms with van der Waals surface area (Å²) in [5.41, 5.74) is 3.25. The van der Waals surface area contributed by atoms with Crippen LogP contribution in [0.15, 0.2) is 71.6 Å². The maximum absolute atomic E-state index is 13.5. The number of methoxy groups -OCH3 is 2. The summed E-state index contributed by atoms with van der Waals surface area (Å²) in [6, 6.07) is 15.1. The smallest absolute Gasteiger partial charge is 0.336 e. The van der Waals surface area contributed by atoms with Crippen LogP contribution < -0.4 is 14.8 Å². The third kappa shape index (κ3) is 4.45. The van der Waals surface area contributed by atoms with Crippen LogP contribution in [0, 0.1) is 11.3 Å². The molecule has 2 aromatic rings. The lowest BCUT2D eigenvalue weighted by Crippen LogP contribution is -2.43. The van der Waals surface area contributed by atoms with Gasteiger partial charge < -0.3 is 19.5 Å². The first-order chi connectivity index (χ1) is 16.3. The lowest BCUT2D eigenvalue weighted by Gasteiger charge is -2.41. The molecule has 6 nitrogen and oxygen atoms in total. The summed E-state index contributed by atoms with van der Waals surface area (Å²) in [6.45, 7) is 6.08. The Morgan fingerprint density at radius 1 is 1.03 bits per heavy atom. The van der Waals surface area contributed by atoms with Gasteiger partial charge >= 0.3 is 5.97 Å². The zero-order chi connectivity index (χ0) is 24.5. The van der Waals surface area contributed by atoms with Crippen molar-refractivity contribution >= 4 is 11.8 Å². The first-order valence-electron chi connectivity index (χ1n) is 11.4. The van der Waals surface area contributed by atoms with Crippen molar-refractivity contribution < 1.29 is 23.8 Å². The van der Waals surface area contributed by atoms with Crippen molar-refractivity contribution in [3.63, 3.8) is 0 Å². The highest BCUT2D eigenvalue weighted by atomic mass is 16.5. The number of hydrogen-bond acceptors (Lipinski definition) is 6. The quantitative estimate of drug-likeness (QED) is 0.617. The summed E-state index contributed by atoms with van der Waals surface area (Å²) in [5.74, 6) is -0.440. The van der Waals surface area contributed by atoms with Gasteiger partial charge in [-0.25, -0.2) is 4.79 Å². The molecule has 2 unspecified atom stereocenters. The summed E-state index contributed by atoms with van der Waals surface area (Å²) in [4.78, 5) is 27.0. The SMILES string of the molecule is COc1cccc(C2C(C(=O)OCc3ccccc3)=C(C)NC3=CC(C)(C)CC(=O)C32)c1OC. The van der Waals surface area contributed by atoms with Gasteiger partial charge in [-0.1, -0.05) is 62.4 Å². The van der Waals surface area contributed by atoms with Crippen LogP contribution in [0.5, 0.6) is 11.5 Å². The maximum Gasteiger partial charge on any atom is 0.336 e. The van der Waals surface area contributed by atoms with E-state index in [4.69, 9.17) is 14.2 Å². The lowest BCUT2D eigenvalue weighted by molar-refractivity contribution is -0.141. The van der Waals surface area contributed by atoms with E-state index in [1.165, 1.54) is 0 Å². The molecule has 0 spiro atoms. The van der Waals surface area contributed by atoms with Gasteiger partial charge in [-0.2, -0.15) is 0 Å². The van der Waals surface area contributed by atoms with Gasteiger partial charge in [0, 0.05) is 29.3 Å². The van der Waals surface area contributed by atoms with E-state index in [0.717, 1.165) is 16.8 Å². The molecular formula is C28H31NO5. The minimum atomic E-state index is -0.565. The molecule has 0 fully saturated rings. The van der Waals surface area contributed by atoms with Crippen molar-refractivity contribution in [3.05, 3.63) is 82.7 Å². The first kappa shape index (κ1) is 23.6. The molecular weight excluding hydrogens is 430 g/mol. The Hall–Kier alpha value is -3.54. The fourth-order valence-electron chi connectivity index (χ4n) is 5.03.